The highest BCUT2D eigenvalue weighted by atomic mass is 35.5. The SMILES string of the molecule is COc1ccc(-c2noc(C3CCCN(C(=O)c4cccc(Cl)c4)C3)n2)cc1. The van der Waals surface area contributed by atoms with Crippen LogP contribution in [0.2, 0.25) is 5.02 Å². The second kappa shape index (κ2) is 8.02. The Morgan fingerprint density at radius 2 is 2.07 bits per heavy atom. The van der Waals surface area contributed by atoms with Gasteiger partial charge in [-0.2, -0.15) is 4.98 Å². The lowest BCUT2D eigenvalue weighted by molar-refractivity contribution is 0.0695. The van der Waals surface area contributed by atoms with Gasteiger partial charge in [0.2, 0.25) is 11.7 Å². The lowest BCUT2D eigenvalue weighted by Crippen LogP contribution is -2.39. The molecule has 0 radical (unpaired) electrons. The van der Waals surface area contributed by atoms with Gasteiger partial charge in [0.15, 0.2) is 0 Å². The van der Waals surface area contributed by atoms with E-state index in [0.717, 1.165) is 24.2 Å². The van der Waals surface area contributed by atoms with Crippen LogP contribution in [0.4, 0.5) is 0 Å². The highest BCUT2D eigenvalue weighted by Crippen LogP contribution is 2.29. The van der Waals surface area contributed by atoms with E-state index in [2.05, 4.69) is 10.1 Å². The Balaban J connectivity index is 1.49. The van der Waals surface area contributed by atoms with Gasteiger partial charge in [-0.3, -0.25) is 4.79 Å². The summed E-state index contributed by atoms with van der Waals surface area (Å²) in [5, 5.41) is 4.66. The van der Waals surface area contributed by atoms with E-state index in [1.165, 1.54) is 0 Å². The van der Waals surface area contributed by atoms with Crippen molar-refractivity contribution in [3.63, 3.8) is 0 Å². The molecule has 0 N–H and O–H groups in total. The molecule has 1 unspecified atom stereocenters. The number of ether oxygens (including phenoxy) is 1. The summed E-state index contributed by atoms with van der Waals surface area (Å²) < 4.78 is 10.7. The molecule has 1 fully saturated rings. The Hall–Kier alpha value is -2.86. The van der Waals surface area contributed by atoms with Gasteiger partial charge in [-0.05, 0) is 55.3 Å². The molecule has 0 bridgehead atoms. The number of piperidine rings is 1. The van der Waals surface area contributed by atoms with E-state index in [-0.39, 0.29) is 11.8 Å². The molecule has 1 saturated heterocycles. The van der Waals surface area contributed by atoms with E-state index in [1.807, 2.05) is 29.2 Å². The third kappa shape index (κ3) is 3.87. The van der Waals surface area contributed by atoms with Gasteiger partial charge in [0.1, 0.15) is 5.75 Å². The molecule has 1 amide bonds. The highest BCUT2D eigenvalue weighted by Gasteiger charge is 2.29. The molecule has 28 heavy (non-hydrogen) atoms. The van der Waals surface area contributed by atoms with Crippen molar-refractivity contribution < 1.29 is 14.1 Å². The summed E-state index contributed by atoms with van der Waals surface area (Å²) in [6.07, 6.45) is 1.79. The number of carbonyl (C=O) groups excluding carboxylic acids is 1. The molecule has 4 rings (SSSR count). The second-order valence-electron chi connectivity index (χ2n) is 6.79. The Kier molecular flexibility index (Phi) is 5.30. The number of amides is 1. The minimum absolute atomic E-state index is 0.0244. The van der Waals surface area contributed by atoms with Crippen molar-refractivity contribution in [2.45, 2.75) is 18.8 Å². The van der Waals surface area contributed by atoms with Crippen molar-refractivity contribution in [3.05, 3.63) is 65.0 Å². The zero-order valence-corrected chi connectivity index (χ0v) is 16.2. The van der Waals surface area contributed by atoms with Crippen molar-refractivity contribution in [1.29, 1.82) is 0 Å². The van der Waals surface area contributed by atoms with Gasteiger partial charge in [-0.15, -0.1) is 0 Å². The van der Waals surface area contributed by atoms with Gasteiger partial charge >= 0.3 is 0 Å². The number of likely N-dealkylation sites (tertiary alicyclic amines) is 1. The van der Waals surface area contributed by atoms with Crippen molar-refractivity contribution in [3.8, 4) is 17.1 Å². The molecule has 7 heteroatoms. The van der Waals surface area contributed by atoms with Crippen LogP contribution < -0.4 is 4.74 Å². The molecule has 0 saturated carbocycles. The Bertz CT molecular complexity index is 971. The van der Waals surface area contributed by atoms with E-state index in [0.29, 0.717) is 35.4 Å². The summed E-state index contributed by atoms with van der Waals surface area (Å²) in [6.45, 7) is 1.26. The maximum Gasteiger partial charge on any atom is 0.253 e. The summed E-state index contributed by atoms with van der Waals surface area (Å²) >= 11 is 6.02. The Morgan fingerprint density at radius 1 is 1.25 bits per heavy atom. The molecule has 0 aliphatic carbocycles. The van der Waals surface area contributed by atoms with Crippen LogP contribution in [0.3, 0.4) is 0 Å². The van der Waals surface area contributed by atoms with Crippen LogP contribution in [0.25, 0.3) is 11.4 Å². The number of hydrogen-bond acceptors (Lipinski definition) is 5. The van der Waals surface area contributed by atoms with Crippen LogP contribution >= 0.6 is 11.6 Å². The zero-order chi connectivity index (χ0) is 19.5. The average molecular weight is 398 g/mol. The number of carbonyl (C=O) groups is 1. The number of benzene rings is 2. The molecule has 0 spiro atoms. The smallest absolute Gasteiger partial charge is 0.253 e. The fraction of sp³-hybridized carbons (Fsp3) is 0.286. The first-order valence-corrected chi connectivity index (χ1v) is 9.54. The quantitative estimate of drug-likeness (QED) is 0.651. The molecule has 6 nitrogen and oxygen atoms in total. The van der Waals surface area contributed by atoms with Gasteiger partial charge < -0.3 is 14.2 Å². The second-order valence-corrected chi connectivity index (χ2v) is 7.22. The van der Waals surface area contributed by atoms with Crippen molar-refractivity contribution in [1.82, 2.24) is 15.0 Å². The van der Waals surface area contributed by atoms with Gasteiger partial charge in [-0.25, -0.2) is 0 Å². The third-order valence-electron chi connectivity index (χ3n) is 4.92. The monoisotopic (exact) mass is 397 g/mol. The van der Waals surface area contributed by atoms with Crippen LogP contribution in [0.15, 0.2) is 53.1 Å². The van der Waals surface area contributed by atoms with Crippen LogP contribution in [-0.2, 0) is 0 Å². The lowest BCUT2D eigenvalue weighted by Gasteiger charge is -2.31. The van der Waals surface area contributed by atoms with Crippen LogP contribution in [0.1, 0.15) is 35.0 Å². The van der Waals surface area contributed by atoms with E-state index < -0.39 is 0 Å². The first-order chi connectivity index (χ1) is 13.6. The predicted molar refractivity (Wildman–Crippen MR) is 106 cm³/mol. The molecule has 2 aromatic carbocycles. The molecular weight excluding hydrogens is 378 g/mol. The van der Waals surface area contributed by atoms with Crippen molar-refractivity contribution in [2.75, 3.05) is 20.2 Å². The van der Waals surface area contributed by atoms with Gasteiger partial charge in [0.25, 0.3) is 5.91 Å². The maximum absolute atomic E-state index is 12.8. The molecule has 1 atom stereocenters. The van der Waals surface area contributed by atoms with Crippen molar-refractivity contribution >= 4 is 17.5 Å². The summed E-state index contributed by atoms with van der Waals surface area (Å²) in [6, 6.07) is 14.5. The molecule has 3 aromatic rings. The Labute approximate surface area is 168 Å². The van der Waals surface area contributed by atoms with Crippen molar-refractivity contribution in [2.24, 2.45) is 0 Å². The zero-order valence-electron chi connectivity index (χ0n) is 15.5. The predicted octanol–water partition coefficient (Wildman–Crippen LogP) is 4.42. The standard InChI is InChI=1S/C21H20ClN3O3/c1-27-18-9-7-14(8-10-18)19-23-20(28-24-19)16-5-3-11-25(13-16)21(26)15-4-2-6-17(22)12-15/h2,4,6-10,12,16H,3,5,11,13H2,1H3. The van der Waals surface area contributed by atoms with Crippen LogP contribution in [0, 0.1) is 0 Å². The lowest BCUT2D eigenvalue weighted by atomic mass is 9.97. The third-order valence-corrected chi connectivity index (χ3v) is 5.15. The highest BCUT2D eigenvalue weighted by molar-refractivity contribution is 6.30. The topological polar surface area (TPSA) is 68.5 Å². The van der Waals surface area contributed by atoms with E-state index in [1.54, 1.807) is 31.4 Å². The number of halogens is 1. The van der Waals surface area contributed by atoms with E-state index in [4.69, 9.17) is 20.9 Å². The average Bonchev–Trinajstić information content (AvgIpc) is 3.24. The fourth-order valence-corrected chi connectivity index (χ4v) is 3.62. The summed E-state index contributed by atoms with van der Waals surface area (Å²) in [5.41, 5.74) is 1.45. The van der Waals surface area contributed by atoms with Crippen LogP contribution in [-0.4, -0.2) is 41.1 Å². The number of hydrogen-bond donors (Lipinski definition) is 0. The Morgan fingerprint density at radius 3 is 2.82 bits per heavy atom. The van der Waals surface area contributed by atoms with Gasteiger partial charge in [0, 0.05) is 29.2 Å². The van der Waals surface area contributed by atoms with Gasteiger partial charge in [0.05, 0.1) is 13.0 Å². The first kappa shape index (κ1) is 18.5. The number of aromatic nitrogens is 2. The fourth-order valence-electron chi connectivity index (χ4n) is 3.43. The molecule has 1 aromatic heterocycles. The summed E-state index contributed by atoms with van der Waals surface area (Å²) in [4.78, 5) is 19.2. The van der Waals surface area contributed by atoms with Crippen LogP contribution in [0.5, 0.6) is 5.75 Å². The first-order valence-electron chi connectivity index (χ1n) is 9.17. The molecule has 2 heterocycles. The molecule has 1 aliphatic rings. The summed E-state index contributed by atoms with van der Waals surface area (Å²) in [5.74, 6) is 1.87. The summed E-state index contributed by atoms with van der Waals surface area (Å²) in [7, 11) is 1.63. The van der Waals surface area contributed by atoms with E-state index in [9.17, 15) is 4.79 Å². The maximum atomic E-state index is 12.8. The minimum Gasteiger partial charge on any atom is -0.497 e. The number of nitrogens with zero attached hydrogens (tertiary/aromatic N) is 3. The van der Waals surface area contributed by atoms with Gasteiger partial charge in [-0.1, -0.05) is 22.8 Å². The normalized spacial score (nSPS) is 16.8. The molecule has 1 aliphatic heterocycles. The molecular formula is C21H20ClN3O3. The van der Waals surface area contributed by atoms with E-state index >= 15 is 0 Å². The number of methoxy groups -OCH3 is 1. The number of rotatable bonds is 4. The minimum atomic E-state index is -0.0258. The molecule has 144 valence electrons. The largest absolute Gasteiger partial charge is 0.497 e.